The molecule has 0 spiro atoms. The van der Waals surface area contributed by atoms with E-state index in [4.69, 9.17) is 10.9 Å². The highest BCUT2D eigenvalue weighted by atomic mass is 16.4. The van der Waals surface area contributed by atoms with Gasteiger partial charge in [0.2, 0.25) is 0 Å². The van der Waals surface area contributed by atoms with Gasteiger partial charge in [0, 0.05) is 12.7 Å². The molecule has 0 saturated carbocycles. The first kappa shape index (κ1) is 11.6. The second kappa shape index (κ2) is 4.38. The van der Waals surface area contributed by atoms with Crippen LogP contribution < -0.4 is 5.73 Å². The zero-order chi connectivity index (χ0) is 11.5. The molecule has 0 bridgehead atoms. The first-order valence-corrected chi connectivity index (χ1v) is 5.07. The Balaban J connectivity index is 2.74. The number of aryl methyl sites for hydroxylation is 1. The van der Waals surface area contributed by atoms with Crippen molar-refractivity contribution in [2.75, 3.05) is 0 Å². The van der Waals surface area contributed by atoms with Gasteiger partial charge in [0.15, 0.2) is 5.84 Å². The maximum Gasteiger partial charge on any atom is 0.186 e. The van der Waals surface area contributed by atoms with E-state index >= 15 is 0 Å². The highest BCUT2D eigenvalue weighted by Gasteiger charge is 2.12. The van der Waals surface area contributed by atoms with Gasteiger partial charge < -0.3 is 15.5 Å². The number of nitrogens with zero attached hydrogens (tertiary/aromatic N) is 2. The third-order valence-electron chi connectivity index (χ3n) is 2.30. The van der Waals surface area contributed by atoms with E-state index in [1.165, 1.54) is 0 Å². The lowest BCUT2D eigenvalue weighted by molar-refractivity contribution is 0.317. The third kappa shape index (κ3) is 3.31. The predicted molar refractivity (Wildman–Crippen MR) is 61.0 cm³/mol. The molecule has 1 heterocycles. The summed E-state index contributed by atoms with van der Waals surface area (Å²) in [4.78, 5) is 0. The number of aromatic nitrogens is 1. The molecule has 0 amide bonds. The minimum Gasteiger partial charge on any atom is -0.409 e. The van der Waals surface area contributed by atoms with Gasteiger partial charge in [-0.15, -0.1) is 0 Å². The van der Waals surface area contributed by atoms with Crippen LogP contribution in [0.1, 0.15) is 32.9 Å². The van der Waals surface area contributed by atoms with Crippen molar-refractivity contribution in [1.29, 1.82) is 0 Å². The van der Waals surface area contributed by atoms with Crippen molar-refractivity contribution in [3.8, 4) is 0 Å². The molecule has 0 atom stereocenters. The average molecular weight is 209 g/mol. The predicted octanol–water partition coefficient (Wildman–Crippen LogP) is 2.02. The summed E-state index contributed by atoms with van der Waals surface area (Å²) in [5, 5.41) is 11.6. The summed E-state index contributed by atoms with van der Waals surface area (Å²) in [6.07, 6.45) is 2.99. The molecule has 84 valence electrons. The SMILES string of the molecule is CC(C)(C)CCn1cccc1/C(N)=N/O. The average Bonchev–Trinajstić information content (AvgIpc) is 2.60. The third-order valence-corrected chi connectivity index (χ3v) is 2.30. The Bertz CT molecular complexity index is 347. The number of oxime groups is 1. The van der Waals surface area contributed by atoms with Crippen molar-refractivity contribution in [2.24, 2.45) is 16.3 Å². The number of rotatable bonds is 3. The summed E-state index contributed by atoms with van der Waals surface area (Å²) < 4.78 is 2.00. The van der Waals surface area contributed by atoms with Gasteiger partial charge in [-0.1, -0.05) is 25.9 Å². The molecule has 1 aromatic heterocycles. The van der Waals surface area contributed by atoms with E-state index in [0.717, 1.165) is 18.7 Å². The summed E-state index contributed by atoms with van der Waals surface area (Å²) in [6, 6.07) is 3.74. The number of nitrogens with two attached hydrogens (primary N) is 1. The van der Waals surface area contributed by atoms with Gasteiger partial charge in [-0.25, -0.2) is 0 Å². The molecule has 1 aromatic rings. The molecule has 0 aliphatic carbocycles. The second-order valence-electron chi connectivity index (χ2n) is 4.88. The topological polar surface area (TPSA) is 63.5 Å². The minimum absolute atomic E-state index is 0.161. The van der Waals surface area contributed by atoms with Gasteiger partial charge in [-0.2, -0.15) is 0 Å². The smallest absolute Gasteiger partial charge is 0.186 e. The fourth-order valence-electron chi connectivity index (χ4n) is 1.35. The lowest BCUT2D eigenvalue weighted by Gasteiger charge is -2.19. The molecule has 3 N–H and O–H groups in total. The molecule has 0 aromatic carbocycles. The van der Waals surface area contributed by atoms with Crippen LogP contribution in [0.15, 0.2) is 23.5 Å². The van der Waals surface area contributed by atoms with E-state index in [1.807, 2.05) is 22.9 Å². The number of hydrogen-bond donors (Lipinski definition) is 2. The van der Waals surface area contributed by atoms with Crippen molar-refractivity contribution in [3.63, 3.8) is 0 Å². The van der Waals surface area contributed by atoms with Crippen LogP contribution in [0, 0.1) is 5.41 Å². The normalized spacial score (nSPS) is 13.1. The van der Waals surface area contributed by atoms with Crippen molar-refractivity contribution in [3.05, 3.63) is 24.0 Å². The molecule has 0 unspecified atom stereocenters. The van der Waals surface area contributed by atoms with Crippen LogP contribution in [0.25, 0.3) is 0 Å². The Hall–Kier alpha value is -1.45. The second-order valence-corrected chi connectivity index (χ2v) is 4.88. The lowest BCUT2D eigenvalue weighted by atomic mass is 9.92. The molecular formula is C11H19N3O. The van der Waals surface area contributed by atoms with Crippen LogP contribution in [-0.2, 0) is 6.54 Å². The molecule has 4 heteroatoms. The van der Waals surface area contributed by atoms with E-state index in [2.05, 4.69) is 25.9 Å². The van der Waals surface area contributed by atoms with E-state index < -0.39 is 0 Å². The van der Waals surface area contributed by atoms with E-state index in [9.17, 15) is 0 Å². The molecule has 0 aliphatic heterocycles. The zero-order valence-corrected chi connectivity index (χ0v) is 9.57. The van der Waals surface area contributed by atoms with Crippen molar-refractivity contribution < 1.29 is 5.21 Å². The van der Waals surface area contributed by atoms with Crippen LogP contribution in [0.4, 0.5) is 0 Å². The largest absolute Gasteiger partial charge is 0.409 e. The monoisotopic (exact) mass is 209 g/mol. The highest BCUT2D eigenvalue weighted by Crippen LogP contribution is 2.20. The maximum absolute atomic E-state index is 8.61. The summed E-state index contributed by atoms with van der Waals surface area (Å²) in [6.45, 7) is 7.46. The lowest BCUT2D eigenvalue weighted by Crippen LogP contribution is -2.19. The molecule has 15 heavy (non-hydrogen) atoms. The molecule has 0 radical (unpaired) electrons. The van der Waals surface area contributed by atoms with E-state index in [1.54, 1.807) is 0 Å². The van der Waals surface area contributed by atoms with Crippen molar-refractivity contribution >= 4 is 5.84 Å². The zero-order valence-electron chi connectivity index (χ0n) is 9.57. The van der Waals surface area contributed by atoms with Gasteiger partial charge in [0.25, 0.3) is 0 Å². The van der Waals surface area contributed by atoms with Gasteiger partial charge in [-0.05, 0) is 24.0 Å². The molecule has 1 rings (SSSR count). The van der Waals surface area contributed by atoms with Gasteiger partial charge in [-0.3, -0.25) is 0 Å². The number of amidine groups is 1. The minimum atomic E-state index is 0.161. The summed E-state index contributed by atoms with van der Waals surface area (Å²) in [7, 11) is 0. The molecule has 0 saturated heterocycles. The van der Waals surface area contributed by atoms with Crippen LogP contribution >= 0.6 is 0 Å². The van der Waals surface area contributed by atoms with Gasteiger partial charge in [0.1, 0.15) is 0 Å². The molecule has 4 nitrogen and oxygen atoms in total. The summed E-state index contributed by atoms with van der Waals surface area (Å²) in [5.41, 5.74) is 6.61. The van der Waals surface area contributed by atoms with E-state index in [-0.39, 0.29) is 11.3 Å². The number of hydrogen-bond acceptors (Lipinski definition) is 2. The van der Waals surface area contributed by atoms with Crippen LogP contribution in [0.3, 0.4) is 0 Å². The Morgan fingerprint density at radius 3 is 2.73 bits per heavy atom. The first-order valence-electron chi connectivity index (χ1n) is 5.07. The van der Waals surface area contributed by atoms with Gasteiger partial charge >= 0.3 is 0 Å². The van der Waals surface area contributed by atoms with Crippen molar-refractivity contribution in [1.82, 2.24) is 4.57 Å². The van der Waals surface area contributed by atoms with Crippen LogP contribution in [-0.4, -0.2) is 15.6 Å². The molecule has 0 aliphatic rings. The maximum atomic E-state index is 8.61. The van der Waals surface area contributed by atoms with Crippen molar-refractivity contribution in [2.45, 2.75) is 33.7 Å². The first-order chi connectivity index (χ1) is 6.94. The Kier molecular flexibility index (Phi) is 3.39. The summed E-state index contributed by atoms with van der Waals surface area (Å²) in [5.74, 6) is 0.161. The Morgan fingerprint density at radius 2 is 2.20 bits per heavy atom. The van der Waals surface area contributed by atoms with E-state index in [0.29, 0.717) is 0 Å². The van der Waals surface area contributed by atoms with Crippen LogP contribution in [0.5, 0.6) is 0 Å². The van der Waals surface area contributed by atoms with Gasteiger partial charge in [0.05, 0.1) is 5.69 Å². The molecule has 0 fully saturated rings. The Morgan fingerprint density at radius 1 is 1.53 bits per heavy atom. The standard InChI is InChI=1S/C11H19N3O/c1-11(2,3)6-8-14-7-4-5-9(14)10(12)13-15/h4-5,7,15H,6,8H2,1-3H3,(H2,12,13). The highest BCUT2D eigenvalue weighted by molar-refractivity contribution is 5.95. The van der Waals surface area contributed by atoms with Crippen LogP contribution in [0.2, 0.25) is 0 Å². The Labute approximate surface area is 90.4 Å². The fraction of sp³-hybridized carbons (Fsp3) is 0.545. The summed E-state index contributed by atoms with van der Waals surface area (Å²) >= 11 is 0. The quantitative estimate of drug-likeness (QED) is 0.346. The fourth-order valence-corrected chi connectivity index (χ4v) is 1.35. The molecular weight excluding hydrogens is 190 g/mol.